The lowest BCUT2D eigenvalue weighted by Gasteiger charge is -2.24. The molecule has 1 saturated carbocycles. The van der Waals surface area contributed by atoms with Crippen LogP contribution >= 0.6 is 0 Å². The quantitative estimate of drug-likeness (QED) is 0.330. The zero-order valence-corrected chi connectivity index (χ0v) is 20.2. The summed E-state index contributed by atoms with van der Waals surface area (Å²) >= 11 is 0. The fourth-order valence-electron chi connectivity index (χ4n) is 3.79. The van der Waals surface area contributed by atoms with Crippen molar-refractivity contribution in [1.82, 2.24) is 9.88 Å². The van der Waals surface area contributed by atoms with Crippen molar-refractivity contribution in [3.05, 3.63) is 77.6 Å². The van der Waals surface area contributed by atoms with Gasteiger partial charge in [0, 0.05) is 30.5 Å². The molecule has 0 atom stereocenters. The molecule has 1 aliphatic rings. The van der Waals surface area contributed by atoms with Gasteiger partial charge in [-0.1, -0.05) is 6.07 Å². The second kappa shape index (κ2) is 11.7. The topological polar surface area (TPSA) is 70.1 Å². The number of hydrogen-bond acceptors (Lipinski definition) is 6. The van der Waals surface area contributed by atoms with E-state index in [1.54, 1.807) is 47.6 Å². The van der Waals surface area contributed by atoms with E-state index in [1.807, 2.05) is 19.1 Å². The predicted molar refractivity (Wildman–Crippen MR) is 129 cm³/mol. The molecule has 1 aliphatic carbocycles. The minimum absolute atomic E-state index is 0.0516. The standard InChI is InChI=1S/C27H28F2N2O5/c1-3-34-25-15-20(5-9-22(25)35-17-18-10-12-30-13-11-18)26(32)31(21-6-7-21)16-19-4-8-23(36-27(28)29)24(14-19)33-2/h4-5,8-15,21,27H,3,6-7,16-17H2,1-2H3. The lowest BCUT2D eigenvalue weighted by atomic mass is 10.1. The third-order valence-corrected chi connectivity index (χ3v) is 5.68. The van der Waals surface area contributed by atoms with Gasteiger partial charge in [-0.25, -0.2) is 0 Å². The van der Waals surface area contributed by atoms with Crippen molar-refractivity contribution in [2.75, 3.05) is 13.7 Å². The van der Waals surface area contributed by atoms with Crippen LogP contribution in [-0.4, -0.2) is 42.2 Å². The highest BCUT2D eigenvalue weighted by atomic mass is 19.3. The monoisotopic (exact) mass is 498 g/mol. The number of carbonyl (C=O) groups excluding carboxylic acids is 1. The molecule has 0 bridgehead atoms. The third kappa shape index (κ3) is 6.41. The Kier molecular flexibility index (Phi) is 8.20. The summed E-state index contributed by atoms with van der Waals surface area (Å²) in [5.74, 6) is 1.02. The molecule has 0 N–H and O–H groups in total. The number of hydrogen-bond donors (Lipinski definition) is 0. The number of benzene rings is 2. The molecule has 36 heavy (non-hydrogen) atoms. The maximum atomic E-state index is 13.5. The Morgan fingerprint density at radius 2 is 1.72 bits per heavy atom. The van der Waals surface area contributed by atoms with Gasteiger partial charge in [0.2, 0.25) is 0 Å². The van der Waals surface area contributed by atoms with Crippen LogP contribution in [0.4, 0.5) is 8.78 Å². The summed E-state index contributed by atoms with van der Waals surface area (Å²) in [5, 5.41) is 0. The Hall–Kier alpha value is -3.88. The normalized spacial score (nSPS) is 12.8. The molecule has 1 aromatic heterocycles. The van der Waals surface area contributed by atoms with Crippen LogP contribution < -0.4 is 18.9 Å². The zero-order chi connectivity index (χ0) is 25.5. The number of methoxy groups -OCH3 is 1. The smallest absolute Gasteiger partial charge is 0.387 e. The van der Waals surface area contributed by atoms with Gasteiger partial charge in [0.25, 0.3) is 5.91 Å². The minimum atomic E-state index is -2.95. The first-order valence-corrected chi connectivity index (χ1v) is 11.7. The number of carbonyl (C=O) groups is 1. The number of halogens is 2. The van der Waals surface area contributed by atoms with E-state index >= 15 is 0 Å². The molecule has 0 saturated heterocycles. The van der Waals surface area contributed by atoms with Crippen LogP contribution in [0.2, 0.25) is 0 Å². The van der Waals surface area contributed by atoms with Gasteiger partial charge in [-0.2, -0.15) is 8.78 Å². The van der Waals surface area contributed by atoms with Gasteiger partial charge in [-0.15, -0.1) is 0 Å². The number of nitrogens with zero attached hydrogens (tertiary/aromatic N) is 2. The number of ether oxygens (including phenoxy) is 4. The van der Waals surface area contributed by atoms with Crippen LogP contribution in [-0.2, 0) is 13.2 Å². The van der Waals surface area contributed by atoms with E-state index in [-0.39, 0.29) is 23.4 Å². The van der Waals surface area contributed by atoms with Crippen molar-refractivity contribution in [2.24, 2.45) is 0 Å². The first-order valence-electron chi connectivity index (χ1n) is 11.7. The summed E-state index contributed by atoms with van der Waals surface area (Å²) in [4.78, 5) is 19.3. The Bertz CT molecular complexity index is 1170. The van der Waals surface area contributed by atoms with E-state index in [4.69, 9.17) is 14.2 Å². The van der Waals surface area contributed by atoms with Crippen LogP contribution in [0, 0.1) is 0 Å². The molecule has 9 heteroatoms. The maximum Gasteiger partial charge on any atom is 0.387 e. The van der Waals surface area contributed by atoms with Gasteiger partial charge >= 0.3 is 6.61 Å². The molecule has 0 aliphatic heterocycles. The van der Waals surface area contributed by atoms with Crippen molar-refractivity contribution in [3.63, 3.8) is 0 Å². The summed E-state index contributed by atoms with van der Waals surface area (Å²) in [6.07, 6.45) is 5.21. The molecule has 190 valence electrons. The summed E-state index contributed by atoms with van der Waals surface area (Å²) in [5.41, 5.74) is 2.19. The molecule has 0 spiro atoms. The van der Waals surface area contributed by atoms with Crippen molar-refractivity contribution >= 4 is 5.91 Å². The molecule has 0 unspecified atom stereocenters. The lowest BCUT2D eigenvalue weighted by Crippen LogP contribution is -2.32. The largest absolute Gasteiger partial charge is 0.493 e. The van der Waals surface area contributed by atoms with Gasteiger partial charge in [-0.3, -0.25) is 9.78 Å². The summed E-state index contributed by atoms with van der Waals surface area (Å²) in [6.45, 7) is -0.0176. The number of aromatic nitrogens is 1. The van der Waals surface area contributed by atoms with E-state index < -0.39 is 6.61 Å². The fraction of sp³-hybridized carbons (Fsp3) is 0.333. The van der Waals surface area contributed by atoms with Crippen LogP contribution in [0.3, 0.4) is 0 Å². The van der Waals surface area contributed by atoms with Crippen LogP contribution in [0.25, 0.3) is 0 Å². The number of pyridine rings is 1. The summed E-state index contributed by atoms with van der Waals surface area (Å²) < 4.78 is 46.7. The van der Waals surface area contributed by atoms with E-state index in [9.17, 15) is 13.6 Å². The van der Waals surface area contributed by atoms with Gasteiger partial charge in [0.15, 0.2) is 23.0 Å². The number of rotatable bonds is 12. The lowest BCUT2D eigenvalue weighted by molar-refractivity contribution is -0.0512. The predicted octanol–water partition coefficient (Wildman–Crippen LogP) is 5.47. The molecule has 1 fully saturated rings. The van der Waals surface area contributed by atoms with E-state index in [0.29, 0.717) is 36.8 Å². The van der Waals surface area contributed by atoms with E-state index in [2.05, 4.69) is 9.72 Å². The van der Waals surface area contributed by atoms with Crippen LogP contribution in [0.15, 0.2) is 60.9 Å². The first-order chi connectivity index (χ1) is 17.5. The highest BCUT2D eigenvalue weighted by Crippen LogP contribution is 2.35. The van der Waals surface area contributed by atoms with E-state index in [1.165, 1.54) is 13.2 Å². The van der Waals surface area contributed by atoms with Gasteiger partial charge in [0.1, 0.15) is 6.61 Å². The fourth-order valence-corrected chi connectivity index (χ4v) is 3.79. The SMILES string of the molecule is CCOc1cc(C(=O)N(Cc2ccc(OC(F)F)c(OC)c2)C2CC2)ccc1OCc1ccncc1. The highest BCUT2D eigenvalue weighted by Gasteiger charge is 2.33. The minimum Gasteiger partial charge on any atom is -0.493 e. The summed E-state index contributed by atoms with van der Waals surface area (Å²) in [7, 11) is 1.38. The molecule has 7 nitrogen and oxygen atoms in total. The number of alkyl halides is 2. The second-order valence-electron chi connectivity index (χ2n) is 8.27. The first kappa shape index (κ1) is 25.2. The molecule has 0 radical (unpaired) electrons. The third-order valence-electron chi connectivity index (χ3n) is 5.68. The summed E-state index contributed by atoms with van der Waals surface area (Å²) in [6, 6.07) is 13.7. The molecule has 4 rings (SSSR count). The highest BCUT2D eigenvalue weighted by molar-refractivity contribution is 5.95. The van der Waals surface area contributed by atoms with Crippen molar-refractivity contribution in [1.29, 1.82) is 0 Å². The Labute approximate surface area is 208 Å². The van der Waals surface area contributed by atoms with Crippen LogP contribution in [0.1, 0.15) is 41.3 Å². The average molecular weight is 499 g/mol. The van der Waals surface area contributed by atoms with Crippen molar-refractivity contribution in [2.45, 2.75) is 45.6 Å². The Morgan fingerprint density at radius 3 is 2.39 bits per heavy atom. The maximum absolute atomic E-state index is 13.5. The molecule has 1 amide bonds. The van der Waals surface area contributed by atoms with Crippen molar-refractivity contribution in [3.8, 4) is 23.0 Å². The molecule has 2 aromatic carbocycles. The Morgan fingerprint density at radius 1 is 0.972 bits per heavy atom. The molecule has 3 aromatic rings. The van der Waals surface area contributed by atoms with E-state index in [0.717, 1.165) is 24.0 Å². The Balaban J connectivity index is 1.52. The van der Waals surface area contributed by atoms with Crippen LogP contribution in [0.5, 0.6) is 23.0 Å². The van der Waals surface area contributed by atoms with Crippen molar-refractivity contribution < 1.29 is 32.5 Å². The second-order valence-corrected chi connectivity index (χ2v) is 8.27. The van der Waals surface area contributed by atoms with Gasteiger partial charge in [0.05, 0.1) is 13.7 Å². The molecular formula is C27H28F2N2O5. The number of amides is 1. The van der Waals surface area contributed by atoms with Gasteiger partial charge in [-0.05, 0) is 73.4 Å². The van der Waals surface area contributed by atoms with Gasteiger partial charge < -0.3 is 23.8 Å². The molecule has 1 heterocycles. The zero-order valence-electron chi connectivity index (χ0n) is 20.2. The average Bonchev–Trinajstić information content (AvgIpc) is 3.73. The molecular weight excluding hydrogens is 470 g/mol.